The van der Waals surface area contributed by atoms with Gasteiger partial charge in [-0.1, -0.05) is 38.5 Å². The summed E-state index contributed by atoms with van der Waals surface area (Å²) in [6.07, 6.45) is 3.01. The number of hydrazone groups is 1. The molecule has 0 aliphatic heterocycles. The Labute approximate surface area is 205 Å². The Morgan fingerprint density at radius 2 is 1.76 bits per heavy atom. The molecule has 0 saturated carbocycles. The standard InChI is InChI=1S/C27H32N2O4S/c1-18(2)8-7-10-22(21-17-34-26-11-6-5-9-20(21)26)28-29-27(31)15-13-23(30)19-12-14-24(32-3)25(16-19)33-4/h5-6,9,11-12,14,16-18H,7-8,10,13,15H2,1-4H3,(H,29,31)/b28-22+. The largest absolute Gasteiger partial charge is 0.493 e. The van der Waals surface area contributed by atoms with Gasteiger partial charge in [0.1, 0.15) is 0 Å². The second kappa shape index (κ2) is 12.3. The van der Waals surface area contributed by atoms with E-state index in [4.69, 9.17) is 9.47 Å². The third-order valence-electron chi connectivity index (χ3n) is 5.59. The van der Waals surface area contributed by atoms with Crippen LogP contribution in [0.1, 0.15) is 61.9 Å². The normalized spacial score (nSPS) is 11.6. The summed E-state index contributed by atoms with van der Waals surface area (Å²) in [5, 5.41) is 7.74. The zero-order valence-corrected chi connectivity index (χ0v) is 21.0. The number of benzene rings is 2. The van der Waals surface area contributed by atoms with Crippen LogP contribution in [0.4, 0.5) is 0 Å². The maximum Gasteiger partial charge on any atom is 0.240 e. The van der Waals surface area contributed by atoms with Crippen LogP contribution in [0.2, 0.25) is 0 Å². The molecule has 7 heteroatoms. The Balaban J connectivity index is 1.66. The van der Waals surface area contributed by atoms with E-state index in [1.807, 2.05) is 12.1 Å². The summed E-state index contributed by atoms with van der Waals surface area (Å²) in [6, 6.07) is 13.2. The van der Waals surface area contributed by atoms with Crippen molar-refractivity contribution in [3.05, 3.63) is 59.0 Å². The fraction of sp³-hybridized carbons (Fsp3) is 0.370. The summed E-state index contributed by atoms with van der Waals surface area (Å²) in [6.45, 7) is 4.40. The van der Waals surface area contributed by atoms with Crippen molar-refractivity contribution in [3.8, 4) is 11.5 Å². The monoisotopic (exact) mass is 480 g/mol. The predicted molar refractivity (Wildman–Crippen MR) is 138 cm³/mol. The van der Waals surface area contributed by atoms with Gasteiger partial charge in [0.25, 0.3) is 0 Å². The molecule has 34 heavy (non-hydrogen) atoms. The van der Waals surface area contributed by atoms with E-state index in [0.717, 1.165) is 35.9 Å². The number of carbonyl (C=O) groups excluding carboxylic acids is 2. The van der Waals surface area contributed by atoms with Gasteiger partial charge in [-0.15, -0.1) is 11.3 Å². The zero-order chi connectivity index (χ0) is 24.5. The number of rotatable bonds is 12. The highest BCUT2D eigenvalue weighted by molar-refractivity contribution is 7.17. The number of ether oxygens (including phenoxy) is 2. The topological polar surface area (TPSA) is 77.0 Å². The summed E-state index contributed by atoms with van der Waals surface area (Å²) < 4.78 is 11.7. The molecule has 180 valence electrons. The molecule has 0 radical (unpaired) electrons. The molecular formula is C27H32N2O4S. The van der Waals surface area contributed by atoms with Crippen LogP contribution in [-0.2, 0) is 4.79 Å². The van der Waals surface area contributed by atoms with Crippen LogP contribution in [0.5, 0.6) is 11.5 Å². The molecule has 2 aromatic carbocycles. The van der Waals surface area contributed by atoms with Crippen LogP contribution in [0, 0.1) is 5.92 Å². The van der Waals surface area contributed by atoms with Crippen LogP contribution in [0.25, 0.3) is 10.1 Å². The number of nitrogens with one attached hydrogen (secondary N) is 1. The van der Waals surface area contributed by atoms with Gasteiger partial charge in [0.05, 0.1) is 19.9 Å². The number of fused-ring (bicyclic) bond motifs is 1. The van der Waals surface area contributed by atoms with E-state index in [2.05, 4.69) is 41.9 Å². The SMILES string of the molecule is COc1ccc(C(=O)CCC(=O)N/N=C(\CCCC(C)C)c2csc3ccccc23)cc1OC. The zero-order valence-electron chi connectivity index (χ0n) is 20.2. The smallest absolute Gasteiger partial charge is 0.240 e. The van der Waals surface area contributed by atoms with Crippen molar-refractivity contribution in [3.63, 3.8) is 0 Å². The van der Waals surface area contributed by atoms with E-state index in [9.17, 15) is 9.59 Å². The molecular weight excluding hydrogens is 448 g/mol. The van der Waals surface area contributed by atoms with Gasteiger partial charge in [-0.2, -0.15) is 5.10 Å². The fourth-order valence-electron chi connectivity index (χ4n) is 3.70. The Kier molecular flexibility index (Phi) is 9.22. The first-order valence-electron chi connectivity index (χ1n) is 11.5. The van der Waals surface area contributed by atoms with Gasteiger partial charge in [-0.3, -0.25) is 9.59 Å². The predicted octanol–water partition coefficient (Wildman–Crippen LogP) is 6.23. The number of methoxy groups -OCH3 is 2. The number of amides is 1. The minimum Gasteiger partial charge on any atom is -0.493 e. The molecule has 1 amide bonds. The van der Waals surface area contributed by atoms with Gasteiger partial charge in [-0.05, 0) is 43.0 Å². The first-order valence-corrected chi connectivity index (χ1v) is 12.4. The molecule has 0 unspecified atom stereocenters. The van der Waals surface area contributed by atoms with Crippen molar-refractivity contribution in [1.29, 1.82) is 0 Å². The van der Waals surface area contributed by atoms with E-state index >= 15 is 0 Å². The van der Waals surface area contributed by atoms with Crippen LogP contribution in [0.3, 0.4) is 0 Å². The van der Waals surface area contributed by atoms with Crippen LogP contribution in [0.15, 0.2) is 52.9 Å². The van der Waals surface area contributed by atoms with Crippen molar-refractivity contribution in [2.24, 2.45) is 11.0 Å². The summed E-state index contributed by atoms with van der Waals surface area (Å²) in [4.78, 5) is 25.1. The third kappa shape index (κ3) is 6.67. The lowest BCUT2D eigenvalue weighted by Gasteiger charge is -2.10. The van der Waals surface area contributed by atoms with Gasteiger partial charge in [0.15, 0.2) is 17.3 Å². The minimum atomic E-state index is -0.283. The van der Waals surface area contributed by atoms with Crippen molar-refractivity contribution in [2.75, 3.05) is 14.2 Å². The molecule has 0 saturated heterocycles. The molecule has 0 bridgehead atoms. The van der Waals surface area contributed by atoms with Crippen LogP contribution in [-0.4, -0.2) is 31.6 Å². The van der Waals surface area contributed by atoms with Gasteiger partial charge >= 0.3 is 0 Å². The highest BCUT2D eigenvalue weighted by Gasteiger charge is 2.14. The second-order valence-electron chi connectivity index (χ2n) is 8.52. The lowest BCUT2D eigenvalue weighted by molar-refractivity contribution is -0.121. The molecule has 3 rings (SSSR count). The molecule has 1 N–H and O–H groups in total. The number of carbonyl (C=O) groups is 2. The Morgan fingerprint density at radius 1 is 1.00 bits per heavy atom. The first-order chi connectivity index (χ1) is 16.4. The molecule has 0 aliphatic rings. The quantitative estimate of drug-likeness (QED) is 0.189. The highest BCUT2D eigenvalue weighted by Crippen LogP contribution is 2.29. The molecule has 0 atom stereocenters. The van der Waals surface area contributed by atoms with Crippen LogP contribution < -0.4 is 14.9 Å². The second-order valence-corrected chi connectivity index (χ2v) is 9.43. The number of thiophene rings is 1. The molecule has 3 aromatic rings. The Hall–Kier alpha value is -3.19. The van der Waals surface area contributed by atoms with Gasteiger partial charge in [0.2, 0.25) is 5.91 Å². The van der Waals surface area contributed by atoms with Gasteiger partial charge in [0, 0.05) is 39.4 Å². The van der Waals surface area contributed by atoms with Gasteiger partial charge < -0.3 is 9.47 Å². The van der Waals surface area contributed by atoms with E-state index in [1.54, 1.807) is 36.6 Å². The lowest BCUT2D eigenvalue weighted by Crippen LogP contribution is -2.21. The summed E-state index contributed by atoms with van der Waals surface area (Å²) in [7, 11) is 3.06. The van der Waals surface area contributed by atoms with E-state index in [0.29, 0.717) is 23.0 Å². The number of hydrogen-bond acceptors (Lipinski definition) is 6. The highest BCUT2D eigenvalue weighted by atomic mass is 32.1. The maximum absolute atomic E-state index is 12.6. The average Bonchev–Trinajstić information content (AvgIpc) is 3.28. The lowest BCUT2D eigenvalue weighted by atomic mass is 10.0. The number of nitrogens with zero attached hydrogens (tertiary/aromatic N) is 1. The van der Waals surface area contributed by atoms with E-state index in [-0.39, 0.29) is 24.5 Å². The van der Waals surface area contributed by atoms with Crippen molar-refractivity contribution < 1.29 is 19.1 Å². The van der Waals surface area contributed by atoms with Crippen LogP contribution >= 0.6 is 11.3 Å². The average molecular weight is 481 g/mol. The first kappa shape index (κ1) is 25.4. The van der Waals surface area contributed by atoms with E-state index < -0.39 is 0 Å². The number of hydrogen-bond donors (Lipinski definition) is 1. The van der Waals surface area contributed by atoms with Gasteiger partial charge in [-0.25, -0.2) is 5.43 Å². The molecule has 0 aliphatic carbocycles. The maximum atomic E-state index is 12.6. The van der Waals surface area contributed by atoms with Crippen molar-refractivity contribution in [2.45, 2.75) is 46.0 Å². The third-order valence-corrected chi connectivity index (χ3v) is 6.55. The minimum absolute atomic E-state index is 0.0559. The molecule has 1 aromatic heterocycles. The Bertz CT molecular complexity index is 1170. The van der Waals surface area contributed by atoms with E-state index in [1.165, 1.54) is 11.8 Å². The molecule has 6 nitrogen and oxygen atoms in total. The molecule has 0 spiro atoms. The van der Waals surface area contributed by atoms with Crippen molar-refractivity contribution >= 4 is 38.8 Å². The summed E-state index contributed by atoms with van der Waals surface area (Å²) in [5.74, 6) is 1.22. The summed E-state index contributed by atoms with van der Waals surface area (Å²) in [5.41, 5.74) is 5.09. The number of ketones is 1. The number of Topliss-reactive ketones (excluding diaryl/α,β-unsaturated/α-hetero) is 1. The summed E-state index contributed by atoms with van der Waals surface area (Å²) >= 11 is 1.68. The fourth-order valence-corrected chi connectivity index (χ4v) is 4.67. The Morgan fingerprint density at radius 3 is 2.50 bits per heavy atom. The van der Waals surface area contributed by atoms with Crippen molar-refractivity contribution in [1.82, 2.24) is 5.43 Å². The molecule has 1 heterocycles. The molecule has 0 fully saturated rings.